The predicted octanol–water partition coefficient (Wildman–Crippen LogP) is 7.83. The highest BCUT2D eigenvalue weighted by molar-refractivity contribution is 6.31. The number of anilines is 1. The minimum Gasteiger partial charge on any atom is -0.406 e. The Bertz CT molecular complexity index is 1770. The lowest BCUT2D eigenvalue weighted by Gasteiger charge is -2.19. The zero-order chi connectivity index (χ0) is 28.4. The molecule has 0 aliphatic rings. The fourth-order valence-corrected chi connectivity index (χ4v) is 4.80. The third kappa shape index (κ3) is 5.87. The molecule has 0 saturated carbocycles. The highest BCUT2D eigenvalue weighted by Crippen LogP contribution is 2.33. The Kier molecular flexibility index (Phi) is 7.36. The Morgan fingerprint density at radius 1 is 0.925 bits per heavy atom. The normalized spacial score (nSPS) is 11.4. The van der Waals surface area contributed by atoms with E-state index in [0.29, 0.717) is 27.1 Å². The number of nitrogens with one attached hydrogen (secondary N) is 1. The van der Waals surface area contributed by atoms with Gasteiger partial charge in [-0.2, -0.15) is 0 Å². The number of aryl methyl sites for hydroxylation is 1. The van der Waals surface area contributed by atoms with Gasteiger partial charge < -0.3 is 14.6 Å². The minimum atomic E-state index is -4.84. The van der Waals surface area contributed by atoms with E-state index in [1.807, 2.05) is 37.3 Å². The number of halogens is 4. The van der Waals surface area contributed by atoms with Crippen molar-refractivity contribution in [3.05, 3.63) is 129 Å². The van der Waals surface area contributed by atoms with Crippen molar-refractivity contribution in [1.29, 1.82) is 0 Å². The molecular weight excluding hydrogens is 541 g/mol. The monoisotopic (exact) mass is 562 g/mol. The SMILES string of the molecule is Cc1cccc(Cn2c(=O)c(C(=O)Nc3ccc(OC(F)(F)F)cc3)c(-c3ccccc3)c3cc(Cl)ccc32)c1. The molecule has 5 nitrogen and oxygen atoms in total. The van der Waals surface area contributed by atoms with Gasteiger partial charge in [0.25, 0.3) is 11.5 Å². The summed E-state index contributed by atoms with van der Waals surface area (Å²) in [6.45, 7) is 2.16. The number of carbonyl (C=O) groups excluding carboxylic acids is 1. The average Bonchev–Trinajstić information content (AvgIpc) is 2.90. The summed E-state index contributed by atoms with van der Waals surface area (Å²) >= 11 is 6.39. The largest absolute Gasteiger partial charge is 0.573 e. The fourth-order valence-electron chi connectivity index (χ4n) is 4.63. The molecule has 202 valence electrons. The van der Waals surface area contributed by atoms with Gasteiger partial charge in [-0.05, 0) is 60.5 Å². The van der Waals surface area contributed by atoms with Crippen molar-refractivity contribution in [2.75, 3.05) is 5.32 Å². The molecule has 0 bridgehead atoms. The van der Waals surface area contributed by atoms with Crippen molar-refractivity contribution in [1.82, 2.24) is 4.57 Å². The van der Waals surface area contributed by atoms with E-state index in [-0.39, 0.29) is 17.8 Å². The summed E-state index contributed by atoms with van der Waals surface area (Å²) < 4.78 is 43.1. The first-order valence-electron chi connectivity index (χ1n) is 12.2. The van der Waals surface area contributed by atoms with Crippen LogP contribution in [0.2, 0.25) is 5.02 Å². The number of rotatable bonds is 6. The number of pyridine rings is 1. The molecule has 5 rings (SSSR count). The number of amides is 1. The number of fused-ring (bicyclic) bond motifs is 1. The van der Waals surface area contributed by atoms with Crippen molar-refractivity contribution in [3.8, 4) is 16.9 Å². The second-order valence-corrected chi connectivity index (χ2v) is 9.62. The number of hydrogen-bond donors (Lipinski definition) is 1. The smallest absolute Gasteiger partial charge is 0.406 e. The van der Waals surface area contributed by atoms with Gasteiger partial charge in [-0.1, -0.05) is 71.8 Å². The molecule has 0 saturated heterocycles. The van der Waals surface area contributed by atoms with E-state index in [9.17, 15) is 22.8 Å². The minimum absolute atomic E-state index is 0.121. The van der Waals surface area contributed by atoms with Crippen LogP contribution < -0.4 is 15.6 Å². The summed E-state index contributed by atoms with van der Waals surface area (Å²) in [5, 5.41) is 3.69. The van der Waals surface area contributed by atoms with Crippen molar-refractivity contribution >= 4 is 34.1 Å². The van der Waals surface area contributed by atoms with E-state index >= 15 is 0 Å². The number of ether oxygens (including phenoxy) is 1. The first kappa shape index (κ1) is 27.0. The van der Waals surface area contributed by atoms with E-state index in [0.717, 1.165) is 23.3 Å². The highest BCUT2D eigenvalue weighted by Gasteiger charge is 2.31. The number of alkyl halides is 3. The first-order chi connectivity index (χ1) is 19.1. The summed E-state index contributed by atoms with van der Waals surface area (Å²) in [4.78, 5) is 27.9. The van der Waals surface area contributed by atoms with Crippen molar-refractivity contribution in [2.45, 2.75) is 19.8 Å². The Morgan fingerprint density at radius 2 is 1.65 bits per heavy atom. The zero-order valence-corrected chi connectivity index (χ0v) is 21.9. The first-order valence-corrected chi connectivity index (χ1v) is 12.6. The molecule has 1 aromatic heterocycles. The van der Waals surface area contributed by atoms with Crippen molar-refractivity contribution < 1.29 is 22.7 Å². The summed E-state index contributed by atoms with van der Waals surface area (Å²) in [7, 11) is 0. The van der Waals surface area contributed by atoms with Gasteiger partial charge in [0, 0.05) is 21.7 Å². The maximum Gasteiger partial charge on any atom is 0.573 e. The van der Waals surface area contributed by atoms with Gasteiger partial charge in [-0.15, -0.1) is 13.2 Å². The van der Waals surface area contributed by atoms with Crippen LogP contribution in [0.4, 0.5) is 18.9 Å². The number of aromatic nitrogens is 1. The van der Waals surface area contributed by atoms with Crippen LogP contribution in [0.1, 0.15) is 21.5 Å². The molecule has 0 unspecified atom stereocenters. The van der Waals surface area contributed by atoms with E-state index in [1.54, 1.807) is 42.5 Å². The molecular formula is C31H22ClF3N2O3. The number of carbonyl (C=O) groups is 1. The van der Waals surface area contributed by atoms with Crippen LogP contribution in [0.5, 0.6) is 5.75 Å². The molecule has 1 N–H and O–H groups in total. The highest BCUT2D eigenvalue weighted by atomic mass is 35.5. The van der Waals surface area contributed by atoms with Gasteiger partial charge in [-0.25, -0.2) is 0 Å². The quantitative estimate of drug-likeness (QED) is 0.229. The molecule has 4 aromatic carbocycles. The van der Waals surface area contributed by atoms with Crippen LogP contribution >= 0.6 is 11.6 Å². The number of benzene rings is 4. The Labute approximate surface area is 232 Å². The Morgan fingerprint density at radius 3 is 2.33 bits per heavy atom. The average molecular weight is 563 g/mol. The van der Waals surface area contributed by atoms with Gasteiger partial charge in [-0.3, -0.25) is 9.59 Å². The van der Waals surface area contributed by atoms with E-state index in [1.165, 1.54) is 16.7 Å². The van der Waals surface area contributed by atoms with Crippen LogP contribution in [0.25, 0.3) is 22.0 Å². The van der Waals surface area contributed by atoms with E-state index in [2.05, 4.69) is 10.1 Å². The summed E-state index contributed by atoms with van der Waals surface area (Å²) in [5.41, 5.74) is 3.07. The second kappa shape index (κ2) is 10.9. The third-order valence-corrected chi connectivity index (χ3v) is 6.52. The van der Waals surface area contributed by atoms with E-state index < -0.39 is 23.6 Å². The van der Waals surface area contributed by atoms with E-state index in [4.69, 9.17) is 11.6 Å². The Balaban J connectivity index is 1.68. The molecule has 0 aliphatic heterocycles. The molecule has 0 radical (unpaired) electrons. The molecule has 0 spiro atoms. The maximum absolute atomic E-state index is 14.1. The third-order valence-electron chi connectivity index (χ3n) is 6.29. The number of nitrogens with zero attached hydrogens (tertiary/aromatic N) is 1. The van der Waals surface area contributed by atoms with Crippen LogP contribution in [0.3, 0.4) is 0 Å². The molecule has 0 aliphatic carbocycles. The predicted molar refractivity (Wildman–Crippen MR) is 150 cm³/mol. The van der Waals surface area contributed by atoms with Gasteiger partial charge in [0.05, 0.1) is 12.1 Å². The molecule has 40 heavy (non-hydrogen) atoms. The van der Waals surface area contributed by atoms with Gasteiger partial charge in [0.1, 0.15) is 11.3 Å². The molecule has 1 heterocycles. The molecule has 5 aromatic rings. The van der Waals surface area contributed by atoms with Crippen LogP contribution in [0.15, 0.2) is 102 Å². The Hall–Kier alpha value is -4.56. The molecule has 0 atom stereocenters. The molecule has 9 heteroatoms. The van der Waals surface area contributed by atoms with Crippen LogP contribution in [-0.4, -0.2) is 16.8 Å². The second-order valence-electron chi connectivity index (χ2n) is 9.18. The topological polar surface area (TPSA) is 60.3 Å². The van der Waals surface area contributed by atoms with Crippen LogP contribution in [0, 0.1) is 6.92 Å². The van der Waals surface area contributed by atoms with Crippen molar-refractivity contribution in [2.24, 2.45) is 0 Å². The van der Waals surface area contributed by atoms with Gasteiger partial charge in [0.2, 0.25) is 0 Å². The maximum atomic E-state index is 14.1. The lowest BCUT2D eigenvalue weighted by Crippen LogP contribution is -2.31. The molecule has 1 amide bonds. The summed E-state index contributed by atoms with van der Waals surface area (Å²) in [5.74, 6) is -1.15. The summed E-state index contributed by atoms with van der Waals surface area (Å²) in [6.07, 6.45) is -4.84. The fraction of sp³-hybridized carbons (Fsp3) is 0.0968. The van der Waals surface area contributed by atoms with Gasteiger partial charge in [0.15, 0.2) is 0 Å². The van der Waals surface area contributed by atoms with Crippen molar-refractivity contribution in [3.63, 3.8) is 0 Å². The number of hydrogen-bond acceptors (Lipinski definition) is 3. The zero-order valence-electron chi connectivity index (χ0n) is 21.1. The van der Waals surface area contributed by atoms with Gasteiger partial charge >= 0.3 is 6.36 Å². The van der Waals surface area contributed by atoms with Crippen LogP contribution in [-0.2, 0) is 6.54 Å². The standard InChI is InChI=1S/C31H22ClF3N2O3/c1-19-6-5-7-20(16-19)18-37-26-15-10-22(32)17-25(26)27(21-8-3-2-4-9-21)28(30(37)39)29(38)36-23-11-13-24(14-12-23)40-31(33,34)35/h2-17H,18H2,1H3,(H,36,38). The lowest BCUT2D eigenvalue weighted by atomic mass is 9.95. The molecule has 0 fully saturated rings. The lowest BCUT2D eigenvalue weighted by molar-refractivity contribution is -0.274. The summed E-state index contributed by atoms with van der Waals surface area (Å²) in [6, 6.07) is 26.6.